The van der Waals surface area contributed by atoms with Crippen LogP contribution in [-0.2, 0) is 0 Å². The van der Waals surface area contributed by atoms with Gasteiger partial charge in [-0.2, -0.15) is 0 Å². The maximum atomic E-state index is 3.82. The number of aromatic nitrogens is 1. The predicted octanol–water partition coefficient (Wildman–Crippen LogP) is 7.74. The van der Waals surface area contributed by atoms with Crippen molar-refractivity contribution in [2.75, 3.05) is 4.90 Å². The SMILES string of the molecule is C1=CC2C(C(c3ccccc3)=C(c3ccccc3)N2c2ccccc2)c2[nH]c3ccccc3c21. The third kappa shape index (κ3) is 2.82. The van der Waals surface area contributed by atoms with Crippen LogP contribution in [0, 0.1) is 0 Å². The smallest absolute Gasteiger partial charge is 0.0650 e. The summed E-state index contributed by atoms with van der Waals surface area (Å²) in [5, 5.41) is 1.29. The molecule has 0 bridgehead atoms. The van der Waals surface area contributed by atoms with Crippen molar-refractivity contribution in [3.05, 3.63) is 144 Å². The Morgan fingerprint density at radius 3 is 1.97 bits per heavy atom. The van der Waals surface area contributed by atoms with Crippen molar-refractivity contribution in [3.8, 4) is 0 Å². The van der Waals surface area contributed by atoms with Gasteiger partial charge < -0.3 is 9.88 Å². The van der Waals surface area contributed by atoms with E-state index in [9.17, 15) is 0 Å². The van der Waals surface area contributed by atoms with Crippen LogP contribution in [0.2, 0.25) is 0 Å². The van der Waals surface area contributed by atoms with Gasteiger partial charge in [-0.3, -0.25) is 0 Å². The fourth-order valence-corrected chi connectivity index (χ4v) is 5.78. The first kappa shape index (κ1) is 19.2. The molecule has 2 unspecified atom stereocenters. The van der Waals surface area contributed by atoms with Gasteiger partial charge >= 0.3 is 0 Å². The quantitative estimate of drug-likeness (QED) is 0.306. The highest BCUT2D eigenvalue weighted by molar-refractivity contribution is 6.06. The summed E-state index contributed by atoms with van der Waals surface area (Å²) in [6, 6.07) is 41.4. The highest BCUT2D eigenvalue weighted by Crippen LogP contribution is 2.54. The van der Waals surface area contributed by atoms with Gasteiger partial charge in [0.1, 0.15) is 0 Å². The van der Waals surface area contributed by atoms with Gasteiger partial charge in [0.2, 0.25) is 0 Å². The minimum atomic E-state index is 0.188. The molecule has 2 aliphatic rings. The summed E-state index contributed by atoms with van der Waals surface area (Å²) in [7, 11) is 0. The number of fused-ring (bicyclic) bond motifs is 5. The Morgan fingerprint density at radius 2 is 1.24 bits per heavy atom. The van der Waals surface area contributed by atoms with E-state index in [1.54, 1.807) is 0 Å². The second kappa shape index (κ2) is 7.64. The average Bonchev–Trinajstić information content (AvgIpc) is 3.46. The van der Waals surface area contributed by atoms with Crippen LogP contribution < -0.4 is 4.90 Å². The van der Waals surface area contributed by atoms with Crippen LogP contribution in [0.3, 0.4) is 0 Å². The Kier molecular flexibility index (Phi) is 4.31. The molecule has 1 aliphatic heterocycles. The van der Waals surface area contributed by atoms with Gasteiger partial charge in [0.25, 0.3) is 0 Å². The fraction of sp³-hybridized carbons (Fsp3) is 0.0625. The van der Waals surface area contributed by atoms with Crippen molar-refractivity contribution < 1.29 is 0 Å². The Morgan fingerprint density at radius 1 is 0.618 bits per heavy atom. The summed E-state index contributed by atoms with van der Waals surface area (Å²) in [5.41, 5.74) is 10.2. The minimum Gasteiger partial charge on any atom is -0.357 e. The van der Waals surface area contributed by atoms with Crippen LogP contribution in [0.4, 0.5) is 5.69 Å². The van der Waals surface area contributed by atoms with Crippen LogP contribution in [0.25, 0.3) is 28.2 Å². The van der Waals surface area contributed by atoms with Crippen molar-refractivity contribution in [1.29, 1.82) is 0 Å². The molecular formula is C32H24N2. The second-order valence-corrected chi connectivity index (χ2v) is 9.03. The molecule has 2 nitrogen and oxygen atoms in total. The number of nitrogens with zero attached hydrogens (tertiary/aromatic N) is 1. The van der Waals surface area contributed by atoms with Crippen LogP contribution in [0.15, 0.2) is 121 Å². The number of H-pyrrole nitrogens is 1. The molecule has 0 spiro atoms. The van der Waals surface area contributed by atoms with Crippen molar-refractivity contribution in [2.24, 2.45) is 0 Å². The summed E-state index contributed by atoms with van der Waals surface area (Å²) < 4.78 is 0. The zero-order chi connectivity index (χ0) is 22.5. The van der Waals surface area contributed by atoms with E-state index in [1.165, 1.54) is 50.2 Å². The molecule has 0 saturated carbocycles. The number of aromatic amines is 1. The molecule has 7 rings (SSSR count). The molecule has 0 saturated heterocycles. The van der Waals surface area contributed by atoms with Crippen molar-refractivity contribution >= 4 is 33.9 Å². The lowest BCUT2D eigenvalue weighted by molar-refractivity contribution is 0.727. The van der Waals surface area contributed by atoms with E-state index in [-0.39, 0.29) is 12.0 Å². The number of hydrogen-bond donors (Lipinski definition) is 1. The van der Waals surface area contributed by atoms with E-state index >= 15 is 0 Å². The van der Waals surface area contributed by atoms with Gasteiger partial charge in [-0.25, -0.2) is 0 Å². The number of para-hydroxylation sites is 2. The summed E-state index contributed by atoms with van der Waals surface area (Å²) in [6.45, 7) is 0. The Bertz CT molecular complexity index is 1540. The van der Waals surface area contributed by atoms with Crippen molar-refractivity contribution in [3.63, 3.8) is 0 Å². The Hall–Kier alpha value is -4.30. The second-order valence-electron chi connectivity index (χ2n) is 9.03. The van der Waals surface area contributed by atoms with E-state index in [0.29, 0.717) is 0 Å². The number of benzene rings is 4. The molecule has 2 atom stereocenters. The zero-order valence-corrected chi connectivity index (χ0v) is 18.7. The van der Waals surface area contributed by atoms with Gasteiger partial charge in [-0.1, -0.05) is 109 Å². The monoisotopic (exact) mass is 436 g/mol. The molecule has 0 amide bonds. The number of hydrogen-bond acceptors (Lipinski definition) is 1. The number of nitrogens with one attached hydrogen (secondary N) is 1. The number of rotatable bonds is 3. The van der Waals surface area contributed by atoms with Gasteiger partial charge in [-0.15, -0.1) is 0 Å². The first-order chi connectivity index (χ1) is 16.9. The lowest BCUT2D eigenvalue weighted by atomic mass is 9.81. The molecular weight excluding hydrogens is 412 g/mol. The molecule has 2 heterocycles. The van der Waals surface area contributed by atoms with Crippen LogP contribution in [0.1, 0.15) is 28.3 Å². The highest BCUT2D eigenvalue weighted by Gasteiger charge is 2.45. The topological polar surface area (TPSA) is 19.0 Å². The molecule has 5 aromatic rings. The molecule has 1 aromatic heterocycles. The first-order valence-corrected chi connectivity index (χ1v) is 11.9. The van der Waals surface area contributed by atoms with E-state index < -0.39 is 0 Å². The van der Waals surface area contributed by atoms with E-state index in [2.05, 4.69) is 137 Å². The molecule has 1 N–H and O–H groups in total. The molecule has 0 radical (unpaired) electrons. The largest absolute Gasteiger partial charge is 0.357 e. The van der Waals surface area contributed by atoms with Gasteiger partial charge in [-0.05, 0) is 34.9 Å². The third-order valence-corrected chi connectivity index (χ3v) is 7.16. The normalized spacial score (nSPS) is 18.9. The van der Waals surface area contributed by atoms with Gasteiger partial charge in [0.15, 0.2) is 0 Å². The summed E-state index contributed by atoms with van der Waals surface area (Å²) in [4.78, 5) is 6.35. The fourth-order valence-electron chi connectivity index (χ4n) is 5.78. The van der Waals surface area contributed by atoms with Gasteiger partial charge in [0.05, 0.1) is 17.7 Å². The molecule has 1 aliphatic carbocycles. The third-order valence-electron chi connectivity index (χ3n) is 7.16. The molecule has 34 heavy (non-hydrogen) atoms. The van der Waals surface area contributed by atoms with Crippen LogP contribution in [-0.4, -0.2) is 11.0 Å². The zero-order valence-electron chi connectivity index (χ0n) is 18.7. The summed E-state index contributed by atoms with van der Waals surface area (Å²) in [5.74, 6) is 0.199. The molecule has 4 aromatic carbocycles. The summed E-state index contributed by atoms with van der Waals surface area (Å²) in [6.07, 6.45) is 4.72. The Labute approximate surface area is 199 Å². The van der Waals surface area contributed by atoms with Crippen molar-refractivity contribution in [2.45, 2.75) is 12.0 Å². The molecule has 0 fully saturated rings. The molecule has 162 valence electrons. The lowest BCUT2D eigenvalue weighted by Gasteiger charge is -2.32. The van der Waals surface area contributed by atoms with E-state index in [1.807, 2.05) is 0 Å². The lowest BCUT2D eigenvalue weighted by Crippen LogP contribution is -2.32. The van der Waals surface area contributed by atoms with Crippen molar-refractivity contribution in [1.82, 2.24) is 4.98 Å². The van der Waals surface area contributed by atoms with Crippen LogP contribution in [0.5, 0.6) is 0 Å². The predicted molar refractivity (Wildman–Crippen MR) is 142 cm³/mol. The highest BCUT2D eigenvalue weighted by atomic mass is 15.2. The first-order valence-electron chi connectivity index (χ1n) is 11.9. The summed E-state index contributed by atoms with van der Waals surface area (Å²) >= 11 is 0. The number of anilines is 1. The maximum absolute atomic E-state index is 3.82. The standard InChI is InChI=1S/C32H24N2/c1-4-12-22(13-5-1)29-30-28(21-20-26-25-18-10-11-19-27(25)33-31(26)30)34(24-16-8-3-9-17-24)32(29)23-14-6-2-7-15-23/h1-21,28,30,33H. The molecule has 2 heteroatoms. The average molecular weight is 437 g/mol. The maximum Gasteiger partial charge on any atom is 0.0650 e. The van der Waals surface area contributed by atoms with Gasteiger partial charge in [0, 0.05) is 27.8 Å². The minimum absolute atomic E-state index is 0.188. The van der Waals surface area contributed by atoms with E-state index in [0.717, 1.165) is 0 Å². The Balaban J connectivity index is 1.57. The van der Waals surface area contributed by atoms with Crippen LogP contribution >= 0.6 is 0 Å². The van der Waals surface area contributed by atoms with E-state index in [4.69, 9.17) is 0 Å².